The highest BCUT2D eigenvalue weighted by Crippen LogP contribution is 2.27. The first-order chi connectivity index (χ1) is 10.6. The molecule has 2 aromatic heterocycles. The summed E-state index contributed by atoms with van der Waals surface area (Å²) in [7, 11) is 0. The van der Waals surface area contributed by atoms with Gasteiger partial charge in [0.05, 0.1) is 11.2 Å². The number of hydrogen-bond donors (Lipinski definition) is 3. The Morgan fingerprint density at radius 2 is 2.05 bits per heavy atom. The van der Waals surface area contributed by atoms with Crippen molar-refractivity contribution in [3.8, 4) is 11.3 Å². The molecule has 0 spiro atoms. The van der Waals surface area contributed by atoms with Crippen molar-refractivity contribution in [2.45, 2.75) is 6.92 Å². The molecule has 0 aliphatic rings. The van der Waals surface area contributed by atoms with E-state index < -0.39 is 0 Å². The monoisotopic (exact) mass is 296 g/mol. The number of nitrogens with one attached hydrogen (secondary N) is 1. The quantitative estimate of drug-likeness (QED) is 0.668. The molecule has 0 bridgehead atoms. The Bertz CT molecular complexity index is 854. The lowest BCUT2D eigenvalue weighted by molar-refractivity contribution is 0.244. The van der Waals surface area contributed by atoms with E-state index in [1.54, 1.807) is 12.1 Å². The van der Waals surface area contributed by atoms with Gasteiger partial charge in [0.25, 0.3) is 0 Å². The largest absolute Gasteiger partial charge is 0.385 e. The van der Waals surface area contributed by atoms with Gasteiger partial charge in [-0.25, -0.2) is 19.3 Å². The predicted molar refractivity (Wildman–Crippen MR) is 86.3 cm³/mol. The highest BCUT2D eigenvalue weighted by molar-refractivity contribution is 5.97. The fourth-order valence-electron chi connectivity index (χ4n) is 2.38. The van der Waals surface area contributed by atoms with Gasteiger partial charge in [-0.05, 0) is 25.1 Å². The Balaban J connectivity index is 2.10. The minimum absolute atomic E-state index is 0.242. The zero-order valence-electron chi connectivity index (χ0n) is 12.1. The van der Waals surface area contributed by atoms with Crippen LogP contribution in [0.15, 0.2) is 36.7 Å². The number of carbonyl (C=O) groups excluding carboxylic acids is 1. The van der Waals surface area contributed by atoms with E-state index in [-0.39, 0.29) is 6.03 Å². The van der Waals surface area contributed by atoms with Crippen molar-refractivity contribution in [1.29, 1.82) is 0 Å². The van der Waals surface area contributed by atoms with E-state index in [4.69, 9.17) is 11.5 Å². The van der Waals surface area contributed by atoms with Crippen LogP contribution in [0.3, 0.4) is 0 Å². The zero-order chi connectivity index (χ0) is 15.7. The Kier molecular flexibility index (Phi) is 3.38. The van der Waals surface area contributed by atoms with Crippen LogP contribution >= 0.6 is 0 Å². The van der Waals surface area contributed by atoms with E-state index >= 15 is 0 Å². The van der Waals surface area contributed by atoms with Gasteiger partial charge in [0, 0.05) is 23.6 Å². The van der Waals surface area contributed by atoms with Crippen molar-refractivity contribution in [3.05, 3.63) is 36.7 Å². The number of rotatable bonds is 2. The second-order valence-electron chi connectivity index (χ2n) is 4.84. The third-order valence-electron chi connectivity index (χ3n) is 3.35. The number of nitrogen functional groups attached to an aromatic ring is 2. The summed E-state index contributed by atoms with van der Waals surface area (Å²) < 4.78 is 1.46. The van der Waals surface area contributed by atoms with Crippen LogP contribution in [0.4, 0.5) is 16.4 Å². The molecular formula is C15H16N6O. The van der Waals surface area contributed by atoms with Crippen LogP contribution in [0, 0.1) is 0 Å². The highest BCUT2D eigenvalue weighted by atomic mass is 16.2. The van der Waals surface area contributed by atoms with Gasteiger partial charge in [-0.2, -0.15) is 0 Å². The molecule has 1 aromatic carbocycles. The summed E-state index contributed by atoms with van der Waals surface area (Å²) in [4.78, 5) is 20.2. The maximum absolute atomic E-state index is 12.1. The molecule has 0 aliphatic heterocycles. The van der Waals surface area contributed by atoms with Crippen LogP contribution < -0.4 is 16.8 Å². The fourth-order valence-corrected chi connectivity index (χ4v) is 2.38. The van der Waals surface area contributed by atoms with Crippen molar-refractivity contribution in [1.82, 2.24) is 19.9 Å². The third-order valence-corrected chi connectivity index (χ3v) is 3.35. The zero-order valence-corrected chi connectivity index (χ0v) is 12.1. The van der Waals surface area contributed by atoms with E-state index in [1.807, 2.05) is 25.1 Å². The summed E-state index contributed by atoms with van der Waals surface area (Å²) in [6.45, 7) is 2.40. The standard InChI is InChI=1S/C15H16N6O/c1-2-18-15(22)21-12-4-3-9(5-10(12)6-14(21)17)11-7-13(16)20-8-19-11/h3-8H,2,17H2,1H3,(H,18,22)(H2,16,19,20). The van der Waals surface area contributed by atoms with E-state index in [2.05, 4.69) is 15.3 Å². The summed E-state index contributed by atoms with van der Waals surface area (Å²) in [5.41, 5.74) is 14.0. The van der Waals surface area contributed by atoms with Gasteiger partial charge in [0.1, 0.15) is 18.0 Å². The Hall–Kier alpha value is -3.09. The maximum Gasteiger partial charge on any atom is 0.327 e. The van der Waals surface area contributed by atoms with E-state index in [9.17, 15) is 4.79 Å². The van der Waals surface area contributed by atoms with Crippen LogP contribution in [0.5, 0.6) is 0 Å². The van der Waals surface area contributed by atoms with Crippen molar-refractivity contribution in [2.75, 3.05) is 18.0 Å². The molecule has 0 aliphatic carbocycles. The summed E-state index contributed by atoms with van der Waals surface area (Å²) in [6, 6.07) is 8.86. The molecule has 0 saturated carbocycles. The lowest BCUT2D eigenvalue weighted by Crippen LogP contribution is -2.28. The average molecular weight is 296 g/mol. The van der Waals surface area contributed by atoms with Crippen molar-refractivity contribution >= 4 is 28.6 Å². The lowest BCUT2D eigenvalue weighted by Gasteiger charge is -2.07. The average Bonchev–Trinajstić information content (AvgIpc) is 2.82. The highest BCUT2D eigenvalue weighted by Gasteiger charge is 2.13. The van der Waals surface area contributed by atoms with Crippen molar-refractivity contribution in [3.63, 3.8) is 0 Å². The first kappa shape index (κ1) is 13.9. The summed E-state index contributed by atoms with van der Waals surface area (Å²) in [6.07, 6.45) is 1.42. The minimum Gasteiger partial charge on any atom is -0.385 e. The van der Waals surface area contributed by atoms with Crippen molar-refractivity contribution < 1.29 is 4.79 Å². The van der Waals surface area contributed by atoms with Gasteiger partial charge >= 0.3 is 6.03 Å². The Labute approximate surface area is 127 Å². The normalized spacial score (nSPS) is 10.8. The van der Waals surface area contributed by atoms with Crippen LogP contribution in [0.1, 0.15) is 6.92 Å². The molecule has 0 unspecified atom stereocenters. The predicted octanol–water partition coefficient (Wildman–Crippen LogP) is 1.84. The Morgan fingerprint density at radius 1 is 1.23 bits per heavy atom. The molecule has 0 saturated heterocycles. The molecule has 7 heteroatoms. The summed E-state index contributed by atoms with van der Waals surface area (Å²) in [5, 5.41) is 3.60. The van der Waals surface area contributed by atoms with Gasteiger partial charge in [-0.15, -0.1) is 0 Å². The van der Waals surface area contributed by atoms with Gasteiger partial charge in [0.15, 0.2) is 0 Å². The molecule has 0 radical (unpaired) electrons. The number of aromatic nitrogens is 3. The summed E-state index contributed by atoms with van der Waals surface area (Å²) >= 11 is 0. The fraction of sp³-hybridized carbons (Fsp3) is 0.133. The molecule has 22 heavy (non-hydrogen) atoms. The topological polar surface area (TPSA) is 112 Å². The second kappa shape index (κ2) is 5.36. The molecule has 2 heterocycles. The maximum atomic E-state index is 12.1. The van der Waals surface area contributed by atoms with Gasteiger partial charge in [-0.3, -0.25) is 0 Å². The number of amides is 1. The molecule has 1 amide bonds. The van der Waals surface area contributed by atoms with Crippen LogP contribution in [0.25, 0.3) is 22.2 Å². The second-order valence-corrected chi connectivity index (χ2v) is 4.84. The number of benzene rings is 1. The number of fused-ring (bicyclic) bond motifs is 1. The van der Waals surface area contributed by atoms with E-state index in [0.29, 0.717) is 18.2 Å². The first-order valence-electron chi connectivity index (χ1n) is 6.87. The van der Waals surface area contributed by atoms with Crippen LogP contribution in [-0.4, -0.2) is 27.1 Å². The Morgan fingerprint density at radius 3 is 2.77 bits per heavy atom. The minimum atomic E-state index is -0.242. The first-order valence-corrected chi connectivity index (χ1v) is 6.87. The molecule has 3 rings (SSSR count). The van der Waals surface area contributed by atoms with Crippen molar-refractivity contribution in [2.24, 2.45) is 0 Å². The molecule has 0 atom stereocenters. The smallest absolute Gasteiger partial charge is 0.327 e. The van der Waals surface area contributed by atoms with Gasteiger partial charge in [0.2, 0.25) is 0 Å². The van der Waals surface area contributed by atoms with Gasteiger partial charge < -0.3 is 16.8 Å². The number of nitrogens with two attached hydrogens (primary N) is 2. The molecule has 7 nitrogen and oxygen atoms in total. The number of anilines is 2. The van der Waals surface area contributed by atoms with E-state index in [0.717, 1.165) is 22.2 Å². The summed E-state index contributed by atoms with van der Waals surface area (Å²) in [5.74, 6) is 0.796. The number of hydrogen-bond acceptors (Lipinski definition) is 5. The molecule has 5 N–H and O–H groups in total. The molecule has 112 valence electrons. The number of carbonyl (C=O) groups is 1. The van der Waals surface area contributed by atoms with Gasteiger partial charge in [-0.1, -0.05) is 6.07 Å². The van der Waals surface area contributed by atoms with Crippen LogP contribution in [-0.2, 0) is 0 Å². The third kappa shape index (κ3) is 2.32. The molecule has 3 aromatic rings. The van der Waals surface area contributed by atoms with Crippen LogP contribution in [0.2, 0.25) is 0 Å². The molecular weight excluding hydrogens is 280 g/mol. The number of nitrogens with zero attached hydrogens (tertiary/aromatic N) is 3. The lowest BCUT2D eigenvalue weighted by atomic mass is 10.1. The molecule has 0 fully saturated rings. The van der Waals surface area contributed by atoms with E-state index in [1.165, 1.54) is 10.9 Å². The SMILES string of the molecule is CCNC(=O)n1c(N)cc2cc(-c3cc(N)ncn3)ccc21.